The van der Waals surface area contributed by atoms with Crippen LogP contribution in [0.2, 0.25) is 0 Å². The van der Waals surface area contributed by atoms with Gasteiger partial charge in [0.25, 0.3) is 0 Å². The largest absolute Gasteiger partial charge is 0.223 e. The van der Waals surface area contributed by atoms with Crippen LogP contribution in [-0.2, 0) is 15.6 Å². The highest BCUT2D eigenvalue weighted by Crippen LogP contribution is 2.35. The van der Waals surface area contributed by atoms with Crippen LogP contribution in [-0.4, -0.2) is 20.7 Å². The fraction of sp³-hybridized carbons (Fsp3) is 0.167. The zero-order valence-electron chi connectivity index (χ0n) is 13.5. The van der Waals surface area contributed by atoms with Gasteiger partial charge in [-0.2, -0.15) is 5.11 Å². The summed E-state index contributed by atoms with van der Waals surface area (Å²) in [6, 6.07) is 15.2. The molecule has 0 saturated heterocycles. The summed E-state index contributed by atoms with van der Waals surface area (Å²) >= 11 is 1.34. The average molecular weight is 369 g/mol. The van der Waals surface area contributed by atoms with Gasteiger partial charge < -0.3 is 0 Å². The third-order valence-corrected chi connectivity index (χ3v) is 7.81. The molecule has 5 nitrogen and oxygen atoms in total. The maximum Gasteiger partial charge on any atom is 0.192 e. The van der Waals surface area contributed by atoms with Crippen molar-refractivity contribution in [2.24, 2.45) is 15.4 Å². The number of sulfone groups is 1. The van der Waals surface area contributed by atoms with Gasteiger partial charge in [0, 0.05) is 10.3 Å². The Morgan fingerprint density at radius 2 is 1.96 bits per heavy atom. The van der Waals surface area contributed by atoms with E-state index in [1.165, 1.54) is 11.3 Å². The quantitative estimate of drug-likeness (QED) is 0.686. The minimum absolute atomic E-state index is 0.0317. The van der Waals surface area contributed by atoms with Gasteiger partial charge in [-0.15, -0.1) is 16.4 Å². The molecule has 3 aromatic rings. The molecule has 1 aliphatic rings. The van der Waals surface area contributed by atoms with Gasteiger partial charge in [0.15, 0.2) is 9.84 Å². The summed E-state index contributed by atoms with van der Waals surface area (Å²) in [5.41, 5.74) is 3.20. The lowest BCUT2D eigenvalue weighted by Crippen LogP contribution is -2.07. The highest BCUT2D eigenvalue weighted by molar-refractivity contribution is 7.93. The van der Waals surface area contributed by atoms with E-state index in [1.807, 2.05) is 55.5 Å². The second kappa shape index (κ2) is 6.16. The maximum absolute atomic E-state index is 13.0. The van der Waals surface area contributed by atoms with Gasteiger partial charge in [-0.3, -0.25) is 0 Å². The van der Waals surface area contributed by atoms with Gasteiger partial charge in [-0.1, -0.05) is 36.4 Å². The van der Waals surface area contributed by atoms with Crippen molar-refractivity contribution in [3.63, 3.8) is 0 Å². The standard InChI is InChI=1S/C18H15N3O2S2/c1-12-15-7-2-3-8-17(15)24-18(12)25(22,23)11-13-5-4-6-14(9-13)16-10-19-21-20-16/h2-9H,10-11H2,1H3. The zero-order chi connectivity index (χ0) is 17.4. The summed E-state index contributed by atoms with van der Waals surface area (Å²) < 4.78 is 27.4. The SMILES string of the molecule is Cc1c(S(=O)(=O)Cc2cccc(C3=NN=NC3)c2)sc2ccccc12. The van der Waals surface area contributed by atoms with Crippen LogP contribution in [0.1, 0.15) is 16.7 Å². The molecule has 0 unspecified atom stereocenters. The molecule has 2 aromatic carbocycles. The van der Waals surface area contributed by atoms with Crippen molar-refractivity contribution in [2.45, 2.75) is 16.9 Å². The molecule has 0 fully saturated rings. The van der Waals surface area contributed by atoms with Crippen molar-refractivity contribution in [3.8, 4) is 0 Å². The monoisotopic (exact) mass is 369 g/mol. The first kappa shape index (κ1) is 16.1. The third kappa shape index (κ3) is 3.01. The van der Waals surface area contributed by atoms with E-state index in [0.717, 1.165) is 32.5 Å². The van der Waals surface area contributed by atoms with E-state index in [0.29, 0.717) is 10.8 Å². The average Bonchev–Trinajstić information content (AvgIpc) is 3.24. The van der Waals surface area contributed by atoms with E-state index in [-0.39, 0.29) is 5.75 Å². The molecular formula is C18H15N3O2S2. The summed E-state index contributed by atoms with van der Waals surface area (Å²) in [4.78, 5) is 0. The van der Waals surface area contributed by atoms with Gasteiger partial charge in [-0.25, -0.2) is 8.42 Å². The lowest BCUT2D eigenvalue weighted by Gasteiger charge is -2.06. The lowest BCUT2D eigenvalue weighted by molar-refractivity contribution is 0.597. The van der Waals surface area contributed by atoms with Crippen molar-refractivity contribution < 1.29 is 8.42 Å². The number of fused-ring (bicyclic) bond motifs is 1. The molecular weight excluding hydrogens is 354 g/mol. The summed E-state index contributed by atoms with van der Waals surface area (Å²) in [6.45, 7) is 2.31. The van der Waals surface area contributed by atoms with Gasteiger partial charge in [-0.05, 0) is 40.8 Å². The zero-order valence-corrected chi connectivity index (χ0v) is 15.1. The molecule has 2 heterocycles. The van der Waals surface area contributed by atoms with Gasteiger partial charge in [0.1, 0.15) is 10.8 Å². The number of benzene rings is 2. The van der Waals surface area contributed by atoms with E-state index in [4.69, 9.17) is 0 Å². The molecule has 0 N–H and O–H groups in total. The summed E-state index contributed by atoms with van der Waals surface area (Å²) in [7, 11) is -3.41. The Morgan fingerprint density at radius 1 is 1.12 bits per heavy atom. The Hall–Kier alpha value is -2.38. The second-order valence-corrected chi connectivity index (χ2v) is 9.14. The minimum atomic E-state index is -3.41. The van der Waals surface area contributed by atoms with E-state index in [2.05, 4.69) is 15.4 Å². The molecule has 1 aliphatic heterocycles. The number of nitrogens with zero attached hydrogens (tertiary/aromatic N) is 3. The van der Waals surface area contributed by atoms with Crippen LogP contribution in [0.15, 0.2) is 68.2 Å². The molecule has 0 aliphatic carbocycles. The molecule has 0 radical (unpaired) electrons. The first-order chi connectivity index (χ1) is 12.0. The van der Waals surface area contributed by atoms with Crippen molar-refractivity contribution in [1.82, 2.24) is 0 Å². The lowest BCUT2D eigenvalue weighted by atomic mass is 10.1. The van der Waals surface area contributed by atoms with E-state index >= 15 is 0 Å². The number of rotatable bonds is 4. The Kier molecular flexibility index (Phi) is 3.97. The Morgan fingerprint density at radius 3 is 2.72 bits per heavy atom. The van der Waals surface area contributed by atoms with Gasteiger partial charge >= 0.3 is 0 Å². The fourth-order valence-corrected chi connectivity index (χ4v) is 6.16. The molecule has 0 bridgehead atoms. The highest BCUT2D eigenvalue weighted by atomic mass is 32.2. The van der Waals surface area contributed by atoms with Crippen molar-refractivity contribution in [3.05, 3.63) is 65.2 Å². The van der Waals surface area contributed by atoms with Crippen molar-refractivity contribution in [2.75, 3.05) is 6.54 Å². The predicted octanol–water partition coefficient (Wildman–Crippen LogP) is 4.35. The van der Waals surface area contributed by atoms with Crippen LogP contribution in [0.5, 0.6) is 0 Å². The van der Waals surface area contributed by atoms with Crippen LogP contribution < -0.4 is 0 Å². The highest BCUT2D eigenvalue weighted by Gasteiger charge is 2.22. The van der Waals surface area contributed by atoms with Crippen LogP contribution in [0.25, 0.3) is 10.1 Å². The number of hydrogen-bond acceptors (Lipinski definition) is 6. The van der Waals surface area contributed by atoms with E-state index in [9.17, 15) is 8.42 Å². The van der Waals surface area contributed by atoms with Crippen molar-refractivity contribution in [1.29, 1.82) is 0 Å². The molecule has 4 rings (SSSR count). The summed E-state index contributed by atoms with van der Waals surface area (Å²) in [6.07, 6.45) is 0. The maximum atomic E-state index is 13.0. The molecule has 126 valence electrons. The predicted molar refractivity (Wildman–Crippen MR) is 100 cm³/mol. The molecule has 0 spiro atoms. The van der Waals surface area contributed by atoms with E-state index < -0.39 is 9.84 Å². The second-order valence-electron chi connectivity index (χ2n) is 5.91. The van der Waals surface area contributed by atoms with E-state index in [1.54, 1.807) is 0 Å². The van der Waals surface area contributed by atoms with Crippen LogP contribution in [0.4, 0.5) is 0 Å². The molecule has 0 amide bonds. The summed E-state index contributed by atoms with van der Waals surface area (Å²) in [5, 5.41) is 12.4. The van der Waals surface area contributed by atoms with Crippen LogP contribution >= 0.6 is 11.3 Å². The number of thiophene rings is 1. The Balaban J connectivity index is 1.69. The number of hydrogen-bond donors (Lipinski definition) is 0. The summed E-state index contributed by atoms with van der Waals surface area (Å²) in [5.74, 6) is -0.0317. The molecule has 0 saturated carbocycles. The van der Waals surface area contributed by atoms with Gasteiger partial charge in [0.2, 0.25) is 0 Å². The molecule has 25 heavy (non-hydrogen) atoms. The smallest absolute Gasteiger partial charge is 0.192 e. The fourth-order valence-electron chi connectivity index (χ4n) is 2.94. The molecule has 0 atom stereocenters. The Bertz CT molecular complexity index is 1130. The van der Waals surface area contributed by atoms with Crippen molar-refractivity contribution >= 4 is 37.0 Å². The number of aryl methyl sites for hydroxylation is 1. The van der Waals surface area contributed by atoms with Crippen LogP contribution in [0.3, 0.4) is 0 Å². The third-order valence-electron chi connectivity index (χ3n) is 4.15. The Labute approximate surface area is 149 Å². The normalized spacial score (nSPS) is 14.2. The first-order valence-corrected chi connectivity index (χ1v) is 10.2. The topological polar surface area (TPSA) is 71.2 Å². The molecule has 7 heteroatoms. The van der Waals surface area contributed by atoms with Gasteiger partial charge in [0.05, 0.1) is 11.5 Å². The van der Waals surface area contributed by atoms with Crippen LogP contribution in [0, 0.1) is 6.92 Å². The first-order valence-electron chi connectivity index (χ1n) is 7.78. The molecule has 1 aromatic heterocycles. The minimum Gasteiger partial charge on any atom is -0.223 e.